The Hall–Kier alpha value is -3.07. The predicted octanol–water partition coefficient (Wildman–Crippen LogP) is 1.54. The smallest absolute Gasteiger partial charge is 0.269 e. The van der Waals surface area contributed by atoms with Crippen LogP contribution in [0.3, 0.4) is 0 Å². The van der Waals surface area contributed by atoms with E-state index in [2.05, 4.69) is 25.1 Å². The Balaban J connectivity index is 1.40. The van der Waals surface area contributed by atoms with Gasteiger partial charge >= 0.3 is 0 Å². The lowest BCUT2D eigenvalue weighted by Crippen LogP contribution is -2.47. The molecule has 0 unspecified atom stereocenters. The first-order valence-corrected chi connectivity index (χ1v) is 8.40. The largest absolute Gasteiger partial charge is 0.338 e. The summed E-state index contributed by atoms with van der Waals surface area (Å²) in [6.07, 6.45) is 3.84. The van der Waals surface area contributed by atoms with Crippen LogP contribution in [0, 0.1) is 10.1 Å². The second kappa shape index (κ2) is 8.34. The molecule has 1 N–H and O–H groups in total. The Morgan fingerprint density at radius 1 is 1.12 bits per heavy atom. The highest BCUT2D eigenvalue weighted by molar-refractivity contribution is 5.90. The molecule has 1 aliphatic heterocycles. The van der Waals surface area contributed by atoms with Crippen LogP contribution < -0.4 is 10.2 Å². The number of hydrogen-bond donors (Lipinski definition) is 1. The van der Waals surface area contributed by atoms with Gasteiger partial charge in [-0.05, 0) is 18.2 Å². The van der Waals surface area contributed by atoms with Crippen LogP contribution in [-0.4, -0.2) is 58.4 Å². The summed E-state index contributed by atoms with van der Waals surface area (Å²) < 4.78 is 0. The average Bonchev–Trinajstić information content (AvgIpc) is 2.68. The lowest BCUT2D eigenvalue weighted by Gasteiger charge is -2.34. The molecule has 9 nitrogen and oxygen atoms in total. The highest BCUT2D eigenvalue weighted by Gasteiger charge is 2.19. The van der Waals surface area contributed by atoms with Crippen LogP contribution in [0.25, 0.3) is 0 Å². The predicted molar refractivity (Wildman–Crippen MR) is 97.0 cm³/mol. The van der Waals surface area contributed by atoms with Gasteiger partial charge in [0.2, 0.25) is 11.9 Å². The molecule has 9 heteroatoms. The van der Waals surface area contributed by atoms with Crippen molar-refractivity contribution in [3.8, 4) is 0 Å². The first-order valence-electron chi connectivity index (χ1n) is 8.40. The molecular weight excluding hydrogens is 336 g/mol. The summed E-state index contributed by atoms with van der Waals surface area (Å²) in [5.74, 6) is 0.635. The van der Waals surface area contributed by atoms with Crippen molar-refractivity contribution in [3.63, 3.8) is 0 Å². The van der Waals surface area contributed by atoms with Gasteiger partial charge in [0.1, 0.15) is 0 Å². The van der Waals surface area contributed by atoms with Crippen molar-refractivity contribution in [2.24, 2.45) is 0 Å². The first-order chi connectivity index (χ1) is 12.6. The maximum absolute atomic E-state index is 12.1. The molecule has 3 rings (SSSR count). The van der Waals surface area contributed by atoms with Gasteiger partial charge in [0.25, 0.3) is 5.69 Å². The van der Waals surface area contributed by atoms with Crippen LogP contribution in [0.4, 0.5) is 17.3 Å². The van der Waals surface area contributed by atoms with Crippen molar-refractivity contribution in [1.82, 2.24) is 14.9 Å². The monoisotopic (exact) mass is 356 g/mol. The molecule has 1 aromatic heterocycles. The van der Waals surface area contributed by atoms with Crippen LogP contribution in [0.1, 0.15) is 6.42 Å². The number of non-ortho nitro benzene ring substituents is 1. The van der Waals surface area contributed by atoms with Gasteiger partial charge in [-0.15, -0.1) is 0 Å². The number of benzene rings is 1. The molecule has 2 aromatic rings. The second-order valence-electron chi connectivity index (χ2n) is 5.98. The maximum Gasteiger partial charge on any atom is 0.269 e. The normalized spacial score (nSPS) is 14.8. The van der Waals surface area contributed by atoms with Gasteiger partial charge in [-0.2, -0.15) is 0 Å². The molecule has 1 saturated heterocycles. The quantitative estimate of drug-likeness (QED) is 0.618. The van der Waals surface area contributed by atoms with Gasteiger partial charge in [0, 0.05) is 69.4 Å². The van der Waals surface area contributed by atoms with E-state index in [0.29, 0.717) is 18.7 Å². The molecule has 0 aliphatic carbocycles. The molecule has 0 radical (unpaired) electrons. The number of piperazine rings is 1. The number of carbonyl (C=O) groups excluding carboxylic acids is 1. The molecule has 0 saturated carbocycles. The lowest BCUT2D eigenvalue weighted by atomic mass is 10.2. The Bertz CT molecular complexity index is 745. The number of anilines is 2. The van der Waals surface area contributed by atoms with Crippen molar-refractivity contribution in [3.05, 3.63) is 52.8 Å². The molecule has 0 spiro atoms. The number of amides is 1. The Morgan fingerprint density at radius 3 is 2.38 bits per heavy atom. The topological polar surface area (TPSA) is 104 Å². The first kappa shape index (κ1) is 17.7. The summed E-state index contributed by atoms with van der Waals surface area (Å²) in [5, 5.41) is 13.4. The number of rotatable bonds is 6. The summed E-state index contributed by atoms with van der Waals surface area (Å²) in [6.45, 7) is 4.02. The highest BCUT2D eigenvalue weighted by atomic mass is 16.6. The minimum atomic E-state index is -0.467. The SMILES string of the molecule is O=C(CCN1CCN(c2ncccn2)CC1)Nc1ccc([N+](=O)[O-])cc1. The fourth-order valence-corrected chi connectivity index (χ4v) is 2.78. The zero-order valence-corrected chi connectivity index (χ0v) is 14.2. The van der Waals surface area contributed by atoms with E-state index in [1.54, 1.807) is 18.5 Å². The molecule has 1 aliphatic rings. The van der Waals surface area contributed by atoms with Crippen molar-refractivity contribution in [2.45, 2.75) is 6.42 Å². The lowest BCUT2D eigenvalue weighted by molar-refractivity contribution is -0.384. The van der Waals surface area contributed by atoms with E-state index in [0.717, 1.165) is 32.1 Å². The maximum atomic E-state index is 12.1. The number of aromatic nitrogens is 2. The van der Waals surface area contributed by atoms with E-state index in [1.165, 1.54) is 24.3 Å². The van der Waals surface area contributed by atoms with Crippen molar-refractivity contribution < 1.29 is 9.72 Å². The summed E-state index contributed by atoms with van der Waals surface area (Å²) in [4.78, 5) is 35.1. The van der Waals surface area contributed by atoms with E-state index in [9.17, 15) is 14.9 Å². The highest BCUT2D eigenvalue weighted by Crippen LogP contribution is 2.15. The summed E-state index contributed by atoms with van der Waals surface area (Å²) in [5.41, 5.74) is 0.565. The molecular formula is C17H20N6O3. The van der Waals surface area contributed by atoms with Crippen LogP contribution in [0.15, 0.2) is 42.7 Å². The average molecular weight is 356 g/mol. The Labute approximate surface area is 150 Å². The van der Waals surface area contributed by atoms with E-state index < -0.39 is 4.92 Å². The number of hydrogen-bond acceptors (Lipinski definition) is 7. The van der Waals surface area contributed by atoms with Gasteiger partial charge in [0.05, 0.1) is 4.92 Å². The van der Waals surface area contributed by atoms with Gasteiger partial charge in [-0.3, -0.25) is 19.8 Å². The molecule has 0 atom stereocenters. The number of nitro benzene ring substituents is 1. The van der Waals surface area contributed by atoms with E-state index in [1.807, 2.05) is 0 Å². The second-order valence-corrected chi connectivity index (χ2v) is 5.98. The summed E-state index contributed by atoms with van der Waals surface area (Å²) in [6, 6.07) is 7.62. The van der Waals surface area contributed by atoms with Crippen LogP contribution in [0.2, 0.25) is 0 Å². The number of nitrogens with zero attached hydrogens (tertiary/aromatic N) is 5. The fourth-order valence-electron chi connectivity index (χ4n) is 2.78. The number of carbonyl (C=O) groups is 1. The molecule has 1 aromatic carbocycles. The zero-order chi connectivity index (χ0) is 18.4. The van der Waals surface area contributed by atoms with Gasteiger partial charge in [-0.25, -0.2) is 9.97 Å². The molecule has 0 bridgehead atoms. The summed E-state index contributed by atoms with van der Waals surface area (Å²) in [7, 11) is 0. The third-order valence-electron chi connectivity index (χ3n) is 4.22. The van der Waals surface area contributed by atoms with Gasteiger partial charge < -0.3 is 10.2 Å². The van der Waals surface area contributed by atoms with Crippen LogP contribution >= 0.6 is 0 Å². The van der Waals surface area contributed by atoms with E-state index in [4.69, 9.17) is 0 Å². The minimum Gasteiger partial charge on any atom is -0.338 e. The molecule has 136 valence electrons. The van der Waals surface area contributed by atoms with Crippen molar-refractivity contribution in [2.75, 3.05) is 42.9 Å². The summed E-state index contributed by atoms with van der Waals surface area (Å²) >= 11 is 0. The molecule has 1 fully saturated rings. The Kier molecular flexibility index (Phi) is 5.69. The molecule has 1 amide bonds. The Morgan fingerprint density at radius 2 is 1.77 bits per heavy atom. The van der Waals surface area contributed by atoms with E-state index in [-0.39, 0.29) is 11.6 Å². The van der Waals surface area contributed by atoms with Gasteiger partial charge in [0.15, 0.2) is 0 Å². The zero-order valence-electron chi connectivity index (χ0n) is 14.2. The third-order valence-corrected chi connectivity index (χ3v) is 4.22. The van der Waals surface area contributed by atoms with Crippen LogP contribution in [0.5, 0.6) is 0 Å². The third kappa shape index (κ3) is 4.73. The number of nitro groups is 1. The minimum absolute atomic E-state index is 0.00302. The fraction of sp³-hybridized carbons (Fsp3) is 0.353. The van der Waals surface area contributed by atoms with Crippen LogP contribution in [-0.2, 0) is 4.79 Å². The van der Waals surface area contributed by atoms with E-state index >= 15 is 0 Å². The van der Waals surface area contributed by atoms with Crippen molar-refractivity contribution >= 4 is 23.2 Å². The number of nitrogens with one attached hydrogen (secondary N) is 1. The van der Waals surface area contributed by atoms with Crippen molar-refractivity contribution in [1.29, 1.82) is 0 Å². The molecule has 26 heavy (non-hydrogen) atoms. The van der Waals surface area contributed by atoms with Gasteiger partial charge in [-0.1, -0.05) is 0 Å². The standard InChI is InChI=1S/C17H20N6O3/c24-16(20-14-2-4-15(5-3-14)23(25)26)6-9-21-10-12-22(13-11-21)17-18-7-1-8-19-17/h1-5,7-8H,6,9-13H2,(H,20,24). The molecule has 2 heterocycles.